The molecule has 0 aliphatic heterocycles. The van der Waals surface area contributed by atoms with Gasteiger partial charge in [0.25, 0.3) is 5.91 Å². The zero-order valence-electron chi connectivity index (χ0n) is 10.6. The number of aryl methyl sites for hydroxylation is 2. The molecule has 0 atom stereocenters. The van der Waals surface area contributed by atoms with Crippen molar-refractivity contribution in [2.45, 2.75) is 6.92 Å². The highest BCUT2D eigenvalue weighted by Crippen LogP contribution is 2.19. The van der Waals surface area contributed by atoms with Crippen molar-refractivity contribution < 1.29 is 9.53 Å². The maximum atomic E-state index is 12.0. The first kappa shape index (κ1) is 12.2. The zero-order valence-corrected chi connectivity index (χ0v) is 10.6. The average molecular weight is 245 g/mol. The van der Waals surface area contributed by atoms with E-state index in [4.69, 9.17) is 4.74 Å². The number of ether oxygens (including phenoxy) is 1. The van der Waals surface area contributed by atoms with E-state index in [1.807, 2.05) is 6.92 Å². The fourth-order valence-electron chi connectivity index (χ4n) is 1.70. The molecule has 1 N–H and O–H groups in total. The molecule has 5 heteroatoms. The lowest BCUT2D eigenvalue weighted by Crippen LogP contribution is -2.14. The topological polar surface area (TPSA) is 56.1 Å². The summed E-state index contributed by atoms with van der Waals surface area (Å²) in [5.41, 5.74) is 1.52. The molecule has 1 amide bonds. The van der Waals surface area contributed by atoms with Gasteiger partial charge in [0.2, 0.25) is 0 Å². The van der Waals surface area contributed by atoms with Gasteiger partial charge in [0.15, 0.2) is 0 Å². The van der Waals surface area contributed by atoms with Gasteiger partial charge in [-0.15, -0.1) is 0 Å². The van der Waals surface area contributed by atoms with Crippen LogP contribution >= 0.6 is 0 Å². The van der Waals surface area contributed by atoms with Crippen molar-refractivity contribution in [2.24, 2.45) is 7.05 Å². The first-order chi connectivity index (χ1) is 8.61. The summed E-state index contributed by atoms with van der Waals surface area (Å²) in [5, 5.41) is 6.78. The molecule has 94 valence electrons. The maximum Gasteiger partial charge on any atom is 0.256 e. The Morgan fingerprint density at radius 1 is 1.39 bits per heavy atom. The molecule has 2 rings (SSSR count). The van der Waals surface area contributed by atoms with E-state index in [1.165, 1.54) is 0 Å². The molecule has 0 fully saturated rings. The van der Waals surface area contributed by atoms with Gasteiger partial charge in [-0.2, -0.15) is 5.10 Å². The Labute approximate surface area is 105 Å². The quantitative estimate of drug-likeness (QED) is 0.899. The number of anilines is 1. The lowest BCUT2D eigenvalue weighted by molar-refractivity contribution is 0.102. The van der Waals surface area contributed by atoms with Gasteiger partial charge in [0, 0.05) is 18.7 Å². The summed E-state index contributed by atoms with van der Waals surface area (Å²) in [5.74, 6) is 1.27. The molecule has 5 nitrogen and oxygen atoms in total. The predicted molar refractivity (Wildman–Crippen MR) is 68.9 cm³/mol. The van der Waals surface area contributed by atoms with Crippen LogP contribution in [0.5, 0.6) is 5.75 Å². The second-order valence-corrected chi connectivity index (χ2v) is 3.98. The zero-order chi connectivity index (χ0) is 13.1. The summed E-state index contributed by atoms with van der Waals surface area (Å²) in [4.78, 5) is 12.0. The molecule has 0 aliphatic rings. The predicted octanol–water partition coefficient (Wildman–Crippen LogP) is 1.99. The van der Waals surface area contributed by atoms with Crippen molar-refractivity contribution >= 4 is 11.7 Å². The van der Waals surface area contributed by atoms with Crippen molar-refractivity contribution in [3.63, 3.8) is 0 Å². The van der Waals surface area contributed by atoms with Crippen LogP contribution in [0.25, 0.3) is 0 Å². The van der Waals surface area contributed by atoms with E-state index in [0.717, 1.165) is 11.3 Å². The van der Waals surface area contributed by atoms with Crippen molar-refractivity contribution in [1.82, 2.24) is 9.78 Å². The molecule has 2 aromatic rings. The van der Waals surface area contributed by atoms with E-state index in [0.29, 0.717) is 11.4 Å². The largest absolute Gasteiger partial charge is 0.496 e. The van der Waals surface area contributed by atoms with Gasteiger partial charge >= 0.3 is 0 Å². The van der Waals surface area contributed by atoms with Gasteiger partial charge in [0.1, 0.15) is 11.6 Å². The molecule has 0 saturated heterocycles. The number of methoxy groups -OCH3 is 1. The monoisotopic (exact) mass is 245 g/mol. The molecule has 1 heterocycles. The summed E-state index contributed by atoms with van der Waals surface area (Å²) >= 11 is 0. The molecule has 0 unspecified atom stereocenters. The lowest BCUT2D eigenvalue weighted by Gasteiger charge is -2.08. The summed E-state index contributed by atoms with van der Waals surface area (Å²) in [7, 11) is 3.38. The van der Waals surface area contributed by atoms with Crippen LogP contribution < -0.4 is 10.1 Å². The summed E-state index contributed by atoms with van der Waals surface area (Å²) in [6.07, 6.45) is 1.63. The van der Waals surface area contributed by atoms with Crippen LogP contribution in [0.1, 0.15) is 15.9 Å². The highest BCUT2D eigenvalue weighted by atomic mass is 16.5. The first-order valence-corrected chi connectivity index (χ1v) is 5.56. The van der Waals surface area contributed by atoms with Gasteiger partial charge in [0.05, 0.1) is 13.3 Å². The van der Waals surface area contributed by atoms with Crippen LogP contribution in [-0.2, 0) is 7.05 Å². The Bertz CT molecular complexity index is 575. The SMILES string of the molecule is COc1ccc(C(=O)Nc2ccnn2C)cc1C. The summed E-state index contributed by atoms with van der Waals surface area (Å²) in [6, 6.07) is 7.06. The third-order valence-corrected chi connectivity index (χ3v) is 2.72. The molecule has 1 aromatic carbocycles. The van der Waals surface area contributed by atoms with Crippen LogP contribution in [0.4, 0.5) is 5.82 Å². The third kappa shape index (κ3) is 2.34. The molecule has 0 saturated carbocycles. The van der Waals surface area contributed by atoms with E-state index >= 15 is 0 Å². The second-order valence-electron chi connectivity index (χ2n) is 3.98. The molecular formula is C13H15N3O2. The van der Waals surface area contributed by atoms with Gasteiger partial charge < -0.3 is 10.1 Å². The number of carbonyl (C=O) groups is 1. The van der Waals surface area contributed by atoms with Crippen LogP contribution in [0.3, 0.4) is 0 Å². The highest BCUT2D eigenvalue weighted by Gasteiger charge is 2.09. The number of nitrogens with one attached hydrogen (secondary N) is 1. The van der Waals surface area contributed by atoms with Crippen molar-refractivity contribution in [3.05, 3.63) is 41.6 Å². The molecule has 1 aromatic heterocycles. The molecule has 0 aliphatic carbocycles. The fraction of sp³-hybridized carbons (Fsp3) is 0.231. The van der Waals surface area contributed by atoms with E-state index in [-0.39, 0.29) is 5.91 Å². The van der Waals surface area contributed by atoms with Crippen molar-refractivity contribution in [3.8, 4) is 5.75 Å². The molecule has 18 heavy (non-hydrogen) atoms. The lowest BCUT2D eigenvalue weighted by atomic mass is 10.1. The van der Waals surface area contributed by atoms with Crippen LogP contribution in [0.15, 0.2) is 30.5 Å². The Morgan fingerprint density at radius 3 is 2.72 bits per heavy atom. The normalized spacial score (nSPS) is 10.2. The third-order valence-electron chi connectivity index (χ3n) is 2.72. The van der Waals surface area contributed by atoms with Gasteiger partial charge in [-0.05, 0) is 30.7 Å². The number of nitrogens with zero attached hydrogens (tertiary/aromatic N) is 2. The molecule has 0 spiro atoms. The minimum absolute atomic E-state index is 0.163. The Kier molecular flexibility index (Phi) is 3.32. The van der Waals surface area contributed by atoms with E-state index in [1.54, 1.807) is 49.3 Å². The van der Waals surface area contributed by atoms with Crippen LogP contribution in [0.2, 0.25) is 0 Å². The highest BCUT2D eigenvalue weighted by molar-refractivity contribution is 6.04. The van der Waals surface area contributed by atoms with Crippen LogP contribution in [0, 0.1) is 6.92 Å². The Hall–Kier alpha value is -2.30. The first-order valence-electron chi connectivity index (χ1n) is 5.56. The summed E-state index contributed by atoms with van der Waals surface area (Å²) < 4.78 is 6.76. The number of carbonyl (C=O) groups excluding carboxylic acids is 1. The number of aromatic nitrogens is 2. The van der Waals surface area contributed by atoms with Crippen LogP contribution in [-0.4, -0.2) is 22.8 Å². The molecule has 0 bridgehead atoms. The molecular weight excluding hydrogens is 230 g/mol. The number of hydrogen-bond acceptors (Lipinski definition) is 3. The maximum absolute atomic E-state index is 12.0. The number of rotatable bonds is 3. The van der Waals surface area contributed by atoms with Gasteiger partial charge in [-0.1, -0.05) is 0 Å². The van der Waals surface area contributed by atoms with E-state index < -0.39 is 0 Å². The summed E-state index contributed by atoms with van der Waals surface area (Å²) in [6.45, 7) is 1.90. The number of benzene rings is 1. The van der Waals surface area contributed by atoms with E-state index in [2.05, 4.69) is 10.4 Å². The fourth-order valence-corrected chi connectivity index (χ4v) is 1.70. The molecule has 0 radical (unpaired) electrons. The second kappa shape index (κ2) is 4.91. The average Bonchev–Trinajstić information content (AvgIpc) is 2.75. The Balaban J connectivity index is 2.19. The Morgan fingerprint density at radius 2 is 2.17 bits per heavy atom. The smallest absolute Gasteiger partial charge is 0.256 e. The van der Waals surface area contributed by atoms with E-state index in [9.17, 15) is 4.79 Å². The number of amides is 1. The standard InChI is InChI=1S/C13H15N3O2/c1-9-8-10(4-5-11(9)18-3)13(17)15-12-6-7-14-16(12)2/h4-8H,1-3H3,(H,15,17). The van der Waals surface area contributed by atoms with Gasteiger partial charge in [-0.3, -0.25) is 9.48 Å². The van der Waals surface area contributed by atoms with Crippen molar-refractivity contribution in [2.75, 3.05) is 12.4 Å². The minimum Gasteiger partial charge on any atom is -0.496 e. The van der Waals surface area contributed by atoms with Crippen molar-refractivity contribution in [1.29, 1.82) is 0 Å². The minimum atomic E-state index is -0.163. The van der Waals surface area contributed by atoms with Gasteiger partial charge in [-0.25, -0.2) is 0 Å². The number of hydrogen-bond donors (Lipinski definition) is 1.